The molecule has 5 nitrogen and oxygen atoms in total. The number of rotatable bonds is 5. The van der Waals surface area contributed by atoms with Crippen LogP contribution in [0.5, 0.6) is 0 Å². The van der Waals surface area contributed by atoms with Crippen molar-refractivity contribution in [3.05, 3.63) is 23.8 Å². The first-order valence-corrected chi connectivity index (χ1v) is 6.22. The summed E-state index contributed by atoms with van der Waals surface area (Å²) >= 11 is 0. The molecule has 5 heteroatoms. The lowest BCUT2D eigenvalue weighted by atomic mass is 10.1. The first-order valence-electron chi connectivity index (χ1n) is 6.22. The Morgan fingerprint density at radius 3 is 2.32 bits per heavy atom. The molecule has 0 aromatic heterocycles. The second-order valence-electron chi connectivity index (χ2n) is 4.63. The minimum Gasteiger partial charge on any atom is -0.398 e. The number of amides is 1. The topological polar surface area (TPSA) is 66.6 Å². The highest BCUT2D eigenvalue weighted by Crippen LogP contribution is 2.21. The molecular formula is C14H21N3O2. The van der Waals surface area contributed by atoms with Gasteiger partial charge >= 0.3 is 0 Å². The second kappa shape index (κ2) is 6.22. The molecule has 0 aliphatic carbocycles. The molecule has 0 radical (unpaired) electrons. The van der Waals surface area contributed by atoms with Gasteiger partial charge in [0.2, 0.25) is 5.91 Å². The molecule has 0 atom stereocenters. The number of ketones is 1. The van der Waals surface area contributed by atoms with Gasteiger partial charge in [0.15, 0.2) is 5.78 Å². The van der Waals surface area contributed by atoms with Crippen LogP contribution in [0.25, 0.3) is 0 Å². The van der Waals surface area contributed by atoms with E-state index in [0.717, 1.165) is 5.69 Å². The van der Waals surface area contributed by atoms with Gasteiger partial charge in [-0.2, -0.15) is 0 Å². The van der Waals surface area contributed by atoms with E-state index in [1.165, 1.54) is 6.92 Å². The van der Waals surface area contributed by atoms with Crippen molar-refractivity contribution in [2.75, 3.05) is 37.8 Å². The summed E-state index contributed by atoms with van der Waals surface area (Å²) < 4.78 is 0. The van der Waals surface area contributed by atoms with Crippen LogP contribution < -0.4 is 10.6 Å². The molecule has 0 saturated heterocycles. The van der Waals surface area contributed by atoms with Crippen LogP contribution in [-0.4, -0.2) is 43.8 Å². The van der Waals surface area contributed by atoms with E-state index in [2.05, 4.69) is 0 Å². The van der Waals surface area contributed by atoms with E-state index in [-0.39, 0.29) is 11.7 Å². The number of Topliss-reactive ketones (excluding diaryl/α,β-unsaturated/α-hetero) is 1. The molecular weight excluding hydrogens is 242 g/mol. The molecule has 0 bridgehead atoms. The number of likely N-dealkylation sites (N-methyl/N-ethyl adjacent to an activating group) is 2. The molecule has 1 aromatic rings. The molecule has 19 heavy (non-hydrogen) atoms. The minimum absolute atomic E-state index is 0.0241. The van der Waals surface area contributed by atoms with Gasteiger partial charge in [0, 0.05) is 37.6 Å². The maximum atomic E-state index is 11.7. The van der Waals surface area contributed by atoms with Gasteiger partial charge in [-0.15, -0.1) is 0 Å². The van der Waals surface area contributed by atoms with Gasteiger partial charge < -0.3 is 15.5 Å². The Morgan fingerprint density at radius 2 is 1.89 bits per heavy atom. The van der Waals surface area contributed by atoms with E-state index in [0.29, 0.717) is 24.3 Å². The Bertz CT molecular complexity index is 484. The summed E-state index contributed by atoms with van der Waals surface area (Å²) in [5.41, 5.74) is 7.67. The number of nitrogens with two attached hydrogens (primary N) is 1. The number of benzene rings is 1. The molecule has 104 valence electrons. The van der Waals surface area contributed by atoms with Crippen molar-refractivity contribution in [3.63, 3.8) is 0 Å². The Labute approximate surface area is 114 Å². The van der Waals surface area contributed by atoms with Gasteiger partial charge in [0.25, 0.3) is 0 Å². The van der Waals surface area contributed by atoms with Crippen molar-refractivity contribution in [1.29, 1.82) is 0 Å². The Kier molecular flexibility index (Phi) is 4.92. The molecule has 1 rings (SSSR count). The highest BCUT2D eigenvalue weighted by Gasteiger charge is 2.13. The van der Waals surface area contributed by atoms with Crippen LogP contribution in [0, 0.1) is 0 Å². The molecule has 1 amide bonds. The van der Waals surface area contributed by atoms with Crippen molar-refractivity contribution in [2.45, 2.75) is 13.8 Å². The van der Waals surface area contributed by atoms with Gasteiger partial charge in [-0.25, -0.2) is 0 Å². The summed E-state index contributed by atoms with van der Waals surface area (Å²) in [5.74, 6) is -0.0347. The van der Waals surface area contributed by atoms with Crippen LogP contribution in [0.2, 0.25) is 0 Å². The predicted molar refractivity (Wildman–Crippen MR) is 77.4 cm³/mol. The Hall–Kier alpha value is -2.04. The monoisotopic (exact) mass is 263 g/mol. The minimum atomic E-state index is -0.0588. The van der Waals surface area contributed by atoms with Gasteiger partial charge in [0.05, 0.1) is 6.54 Å². The zero-order valence-electron chi connectivity index (χ0n) is 11.9. The number of nitrogen functional groups attached to an aromatic ring is 1. The Morgan fingerprint density at radius 1 is 1.26 bits per heavy atom. The van der Waals surface area contributed by atoms with E-state index in [1.54, 1.807) is 31.1 Å². The lowest BCUT2D eigenvalue weighted by Gasteiger charge is -2.24. The summed E-state index contributed by atoms with van der Waals surface area (Å²) in [7, 11) is 3.45. The molecule has 0 aliphatic heterocycles. The molecule has 0 saturated carbocycles. The van der Waals surface area contributed by atoms with Gasteiger partial charge in [0.1, 0.15) is 0 Å². The molecule has 0 heterocycles. The molecule has 2 N–H and O–H groups in total. The Balaban J connectivity index is 2.97. The van der Waals surface area contributed by atoms with Crippen LogP contribution in [0.4, 0.5) is 11.4 Å². The van der Waals surface area contributed by atoms with Gasteiger partial charge in [-0.1, -0.05) is 0 Å². The van der Waals surface area contributed by atoms with Crippen molar-refractivity contribution in [2.24, 2.45) is 0 Å². The van der Waals surface area contributed by atoms with E-state index >= 15 is 0 Å². The van der Waals surface area contributed by atoms with E-state index in [1.807, 2.05) is 17.9 Å². The van der Waals surface area contributed by atoms with Crippen LogP contribution >= 0.6 is 0 Å². The maximum absolute atomic E-state index is 11.7. The van der Waals surface area contributed by atoms with Crippen LogP contribution in [0.1, 0.15) is 24.2 Å². The second-order valence-corrected chi connectivity index (χ2v) is 4.63. The third kappa shape index (κ3) is 3.71. The highest BCUT2D eigenvalue weighted by molar-refractivity contribution is 5.99. The number of hydrogen-bond acceptors (Lipinski definition) is 4. The smallest absolute Gasteiger partial charge is 0.241 e. The predicted octanol–water partition coefficient (Wildman–Crippen LogP) is 1.39. The number of hydrogen-bond donors (Lipinski definition) is 1. The van der Waals surface area contributed by atoms with Gasteiger partial charge in [-0.05, 0) is 32.0 Å². The molecule has 0 unspecified atom stereocenters. The van der Waals surface area contributed by atoms with E-state index < -0.39 is 0 Å². The third-order valence-electron chi connectivity index (χ3n) is 2.99. The first-order chi connectivity index (χ1) is 8.86. The van der Waals surface area contributed by atoms with E-state index in [9.17, 15) is 9.59 Å². The van der Waals surface area contributed by atoms with Crippen molar-refractivity contribution >= 4 is 23.1 Å². The average Bonchev–Trinajstić information content (AvgIpc) is 2.34. The summed E-state index contributed by atoms with van der Waals surface area (Å²) in [4.78, 5) is 26.5. The number of carbonyl (C=O) groups is 2. The average molecular weight is 263 g/mol. The van der Waals surface area contributed by atoms with Crippen molar-refractivity contribution in [3.8, 4) is 0 Å². The third-order valence-corrected chi connectivity index (χ3v) is 2.99. The number of anilines is 2. The number of nitrogens with zero attached hydrogens (tertiary/aromatic N) is 2. The lowest BCUT2D eigenvalue weighted by molar-refractivity contribution is -0.127. The van der Waals surface area contributed by atoms with E-state index in [4.69, 9.17) is 5.73 Å². The normalized spacial score (nSPS) is 10.1. The van der Waals surface area contributed by atoms with Gasteiger partial charge in [-0.3, -0.25) is 9.59 Å². The molecule has 0 spiro atoms. The van der Waals surface area contributed by atoms with Crippen molar-refractivity contribution < 1.29 is 9.59 Å². The maximum Gasteiger partial charge on any atom is 0.241 e. The lowest BCUT2D eigenvalue weighted by Crippen LogP contribution is -2.36. The summed E-state index contributed by atoms with van der Waals surface area (Å²) in [6.07, 6.45) is 0. The van der Waals surface area contributed by atoms with Crippen molar-refractivity contribution in [1.82, 2.24) is 4.90 Å². The zero-order chi connectivity index (χ0) is 14.6. The summed E-state index contributed by atoms with van der Waals surface area (Å²) in [5, 5.41) is 0. The fourth-order valence-corrected chi connectivity index (χ4v) is 1.76. The van der Waals surface area contributed by atoms with Crippen LogP contribution in [0.3, 0.4) is 0 Å². The standard InChI is InChI=1S/C14H21N3O2/c1-5-17(9-14(19)16(3)4)11-6-7-12(10(2)18)13(15)8-11/h6-8H,5,9,15H2,1-4H3. The summed E-state index contributed by atoms with van der Waals surface area (Å²) in [6, 6.07) is 5.26. The molecule has 1 aromatic carbocycles. The van der Waals surface area contributed by atoms with Crippen LogP contribution in [-0.2, 0) is 4.79 Å². The molecule has 0 aliphatic rings. The SMILES string of the molecule is CCN(CC(=O)N(C)C)c1ccc(C(C)=O)c(N)c1. The fourth-order valence-electron chi connectivity index (χ4n) is 1.76. The quantitative estimate of drug-likeness (QED) is 0.644. The first kappa shape index (κ1) is 15.0. The number of carbonyl (C=O) groups excluding carboxylic acids is 2. The highest BCUT2D eigenvalue weighted by atomic mass is 16.2. The van der Waals surface area contributed by atoms with Crippen LogP contribution in [0.15, 0.2) is 18.2 Å². The largest absolute Gasteiger partial charge is 0.398 e. The summed E-state index contributed by atoms with van der Waals surface area (Å²) in [6.45, 7) is 4.44. The zero-order valence-corrected chi connectivity index (χ0v) is 11.9. The fraction of sp³-hybridized carbons (Fsp3) is 0.429. The molecule has 0 fully saturated rings.